The molecule has 1 aliphatic rings. The lowest BCUT2D eigenvalue weighted by Crippen LogP contribution is -2.45. The topological polar surface area (TPSA) is 49.9 Å². The van der Waals surface area contributed by atoms with Crippen LogP contribution >= 0.6 is 11.3 Å². The zero-order chi connectivity index (χ0) is 22.6. The van der Waals surface area contributed by atoms with Gasteiger partial charge in [0, 0.05) is 37.1 Å². The third-order valence-electron chi connectivity index (χ3n) is 6.01. The maximum atomic E-state index is 13.5. The molecular weight excluding hydrogens is 420 g/mol. The number of nitrogens with zero attached hydrogens (tertiary/aromatic N) is 2. The first kappa shape index (κ1) is 24.5. The quantitative estimate of drug-likeness (QED) is 0.417. The Morgan fingerprint density at radius 1 is 1.00 bits per heavy atom. The van der Waals surface area contributed by atoms with Gasteiger partial charge in [0.15, 0.2) is 0 Å². The number of ether oxygens (including phenoxy) is 1. The normalized spacial score (nSPS) is 14.3. The fraction of sp³-hybridized carbons (Fsp3) is 0.538. The molecule has 1 saturated carbocycles. The van der Waals surface area contributed by atoms with Crippen molar-refractivity contribution < 1.29 is 14.3 Å². The Bertz CT molecular complexity index is 804. The smallest absolute Gasteiger partial charge is 0.242 e. The molecule has 1 fully saturated rings. The van der Waals surface area contributed by atoms with E-state index in [0.29, 0.717) is 32.8 Å². The molecule has 0 aliphatic heterocycles. The van der Waals surface area contributed by atoms with Crippen LogP contribution in [0, 0.1) is 5.92 Å². The molecule has 0 N–H and O–H groups in total. The molecule has 6 heteroatoms. The van der Waals surface area contributed by atoms with E-state index in [1.165, 1.54) is 6.42 Å². The van der Waals surface area contributed by atoms with Crippen molar-refractivity contribution in [3.63, 3.8) is 0 Å². The molecule has 0 atom stereocenters. The monoisotopic (exact) mass is 456 g/mol. The minimum absolute atomic E-state index is 0.00261. The lowest BCUT2D eigenvalue weighted by atomic mass is 9.88. The minimum Gasteiger partial charge on any atom is -0.382 e. The van der Waals surface area contributed by atoms with Crippen LogP contribution in [0.1, 0.15) is 55.9 Å². The maximum Gasteiger partial charge on any atom is 0.242 e. The summed E-state index contributed by atoms with van der Waals surface area (Å²) in [5.74, 6) is 0.205. The van der Waals surface area contributed by atoms with Gasteiger partial charge in [-0.25, -0.2) is 0 Å². The van der Waals surface area contributed by atoms with E-state index >= 15 is 0 Å². The molecule has 1 aromatic carbocycles. The molecule has 1 heterocycles. The van der Waals surface area contributed by atoms with Crippen LogP contribution in [0.15, 0.2) is 47.8 Å². The fourth-order valence-electron chi connectivity index (χ4n) is 4.27. The van der Waals surface area contributed by atoms with Crippen molar-refractivity contribution in [3.8, 4) is 0 Å². The first-order valence-electron chi connectivity index (χ1n) is 11.9. The van der Waals surface area contributed by atoms with E-state index in [-0.39, 0.29) is 24.3 Å². The van der Waals surface area contributed by atoms with E-state index < -0.39 is 0 Å². The average Bonchev–Trinajstić information content (AvgIpc) is 3.34. The summed E-state index contributed by atoms with van der Waals surface area (Å²) in [5, 5.41) is 2.03. The van der Waals surface area contributed by atoms with E-state index in [4.69, 9.17) is 4.74 Å². The summed E-state index contributed by atoms with van der Waals surface area (Å²) in [4.78, 5) is 31.6. The van der Waals surface area contributed by atoms with Gasteiger partial charge in [0.1, 0.15) is 0 Å². The number of carbonyl (C=O) groups excluding carboxylic acids is 2. The summed E-state index contributed by atoms with van der Waals surface area (Å²) in [5.41, 5.74) is 1.10. The third kappa shape index (κ3) is 7.75. The second-order valence-electron chi connectivity index (χ2n) is 8.46. The maximum absolute atomic E-state index is 13.5. The van der Waals surface area contributed by atoms with E-state index in [1.807, 2.05) is 53.6 Å². The molecule has 0 bridgehead atoms. The predicted molar refractivity (Wildman–Crippen MR) is 129 cm³/mol. The van der Waals surface area contributed by atoms with Crippen molar-refractivity contribution in [2.24, 2.45) is 5.92 Å². The summed E-state index contributed by atoms with van der Waals surface area (Å²) >= 11 is 1.66. The molecule has 0 saturated heterocycles. The second kappa shape index (κ2) is 13.4. The Kier molecular flexibility index (Phi) is 10.2. The minimum atomic E-state index is 0.00261. The largest absolute Gasteiger partial charge is 0.382 e. The standard InChI is InChI=1S/C26H36N2O3S/c1-2-31-17-10-16-27(26(30)23-13-7-4-8-14-23)21-25(29)28(20-24-15-9-18-32-24)19-22-11-5-3-6-12-22/h3,5-6,9,11-12,15,18,23H,2,4,7-8,10,13-14,16-17,19-21H2,1H3. The fourth-order valence-corrected chi connectivity index (χ4v) is 4.99. The Morgan fingerprint density at radius 2 is 1.78 bits per heavy atom. The molecule has 0 radical (unpaired) electrons. The SMILES string of the molecule is CCOCCCN(CC(=O)N(Cc1ccccc1)Cc1cccs1)C(=O)C1CCCCC1. The number of rotatable bonds is 12. The van der Waals surface area contributed by atoms with E-state index in [2.05, 4.69) is 6.07 Å². The third-order valence-corrected chi connectivity index (χ3v) is 6.87. The van der Waals surface area contributed by atoms with Gasteiger partial charge < -0.3 is 14.5 Å². The number of benzene rings is 1. The van der Waals surface area contributed by atoms with Gasteiger partial charge in [0.05, 0.1) is 13.1 Å². The number of carbonyl (C=O) groups is 2. The Morgan fingerprint density at radius 3 is 2.47 bits per heavy atom. The van der Waals surface area contributed by atoms with Crippen molar-refractivity contribution in [1.82, 2.24) is 9.80 Å². The first-order valence-corrected chi connectivity index (χ1v) is 12.8. The molecule has 2 amide bonds. The Labute approximate surface area is 196 Å². The predicted octanol–water partition coefficient (Wildman–Crippen LogP) is 5.11. The van der Waals surface area contributed by atoms with E-state index in [1.54, 1.807) is 16.2 Å². The molecule has 2 aromatic rings. The van der Waals surface area contributed by atoms with Crippen LogP contribution in [0.25, 0.3) is 0 Å². The van der Waals surface area contributed by atoms with Crippen LogP contribution in [0.5, 0.6) is 0 Å². The average molecular weight is 457 g/mol. The summed E-state index contributed by atoms with van der Waals surface area (Å²) < 4.78 is 5.48. The van der Waals surface area contributed by atoms with Gasteiger partial charge in [0.25, 0.3) is 0 Å². The van der Waals surface area contributed by atoms with Crippen LogP contribution in [0.2, 0.25) is 0 Å². The number of hydrogen-bond acceptors (Lipinski definition) is 4. The Balaban J connectivity index is 1.70. The van der Waals surface area contributed by atoms with Gasteiger partial charge in [0.2, 0.25) is 11.8 Å². The van der Waals surface area contributed by atoms with Crippen molar-refractivity contribution in [3.05, 3.63) is 58.3 Å². The highest BCUT2D eigenvalue weighted by atomic mass is 32.1. The molecule has 5 nitrogen and oxygen atoms in total. The highest BCUT2D eigenvalue weighted by molar-refractivity contribution is 7.09. The number of hydrogen-bond donors (Lipinski definition) is 0. The van der Waals surface area contributed by atoms with Crippen LogP contribution < -0.4 is 0 Å². The highest BCUT2D eigenvalue weighted by Gasteiger charge is 2.28. The molecular formula is C26H36N2O3S. The van der Waals surface area contributed by atoms with Crippen molar-refractivity contribution in [2.45, 2.75) is 58.5 Å². The van der Waals surface area contributed by atoms with Gasteiger partial charge in [-0.1, -0.05) is 55.7 Å². The highest BCUT2D eigenvalue weighted by Crippen LogP contribution is 2.26. The van der Waals surface area contributed by atoms with Gasteiger partial charge in [-0.05, 0) is 43.2 Å². The molecule has 0 unspecified atom stereocenters. The van der Waals surface area contributed by atoms with Crippen LogP contribution in [-0.2, 0) is 27.4 Å². The summed E-state index contributed by atoms with van der Waals surface area (Å²) in [7, 11) is 0. The van der Waals surface area contributed by atoms with Gasteiger partial charge >= 0.3 is 0 Å². The Hall–Kier alpha value is -2.18. The molecule has 1 aliphatic carbocycles. The first-order chi connectivity index (χ1) is 15.7. The zero-order valence-corrected chi connectivity index (χ0v) is 20.0. The molecule has 3 rings (SSSR count). The second-order valence-corrected chi connectivity index (χ2v) is 9.49. The van der Waals surface area contributed by atoms with Gasteiger partial charge in [-0.3, -0.25) is 9.59 Å². The number of thiophene rings is 1. The number of amides is 2. The van der Waals surface area contributed by atoms with Crippen molar-refractivity contribution >= 4 is 23.2 Å². The molecule has 0 spiro atoms. The van der Waals surface area contributed by atoms with Gasteiger partial charge in [-0.2, -0.15) is 0 Å². The van der Waals surface area contributed by atoms with Crippen LogP contribution in [0.3, 0.4) is 0 Å². The van der Waals surface area contributed by atoms with Gasteiger partial charge in [-0.15, -0.1) is 11.3 Å². The van der Waals surface area contributed by atoms with E-state index in [0.717, 1.165) is 42.5 Å². The van der Waals surface area contributed by atoms with Crippen LogP contribution in [0.4, 0.5) is 0 Å². The summed E-state index contributed by atoms with van der Waals surface area (Å²) in [6.45, 7) is 5.07. The molecule has 1 aromatic heterocycles. The van der Waals surface area contributed by atoms with Crippen LogP contribution in [-0.4, -0.2) is 47.9 Å². The summed E-state index contributed by atoms with van der Waals surface area (Å²) in [6.07, 6.45) is 6.06. The van der Waals surface area contributed by atoms with Crippen molar-refractivity contribution in [1.29, 1.82) is 0 Å². The van der Waals surface area contributed by atoms with E-state index in [9.17, 15) is 9.59 Å². The zero-order valence-electron chi connectivity index (χ0n) is 19.2. The molecule has 32 heavy (non-hydrogen) atoms. The lowest BCUT2D eigenvalue weighted by molar-refractivity contribution is -0.144. The van der Waals surface area contributed by atoms with Crippen molar-refractivity contribution in [2.75, 3.05) is 26.3 Å². The summed E-state index contributed by atoms with van der Waals surface area (Å²) in [6, 6.07) is 14.1. The molecule has 174 valence electrons. The lowest BCUT2D eigenvalue weighted by Gasteiger charge is -2.31.